The Morgan fingerprint density at radius 1 is 1.30 bits per heavy atom. The van der Waals surface area contributed by atoms with Crippen molar-refractivity contribution in [2.45, 2.75) is 11.5 Å². The minimum atomic E-state index is -0.417. The molecule has 0 spiro atoms. The topological polar surface area (TPSA) is 59.1 Å². The quantitative estimate of drug-likeness (QED) is 0.504. The van der Waals surface area contributed by atoms with Crippen LogP contribution >= 0.6 is 11.8 Å². The molecule has 0 unspecified atom stereocenters. The maximum atomic E-state index is 13.9. The van der Waals surface area contributed by atoms with Crippen LogP contribution in [0.2, 0.25) is 0 Å². The number of nitrogens with two attached hydrogens (primary N) is 1. The van der Waals surface area contributed by atoms with Crippen molar-refractivity contribution in [2.24, 2.45) is 5.73 Å². The summed E-state index contributed by atoms with van der Waals surface area (Å²) in [6.45, 7) is 0.140. The number of benzene rings is 2. The predicted molar refractivity (Wildman–Crippen MR) is 80.0 cm³/mol. The van der Waals surface area contributed by atoms with E-state index in [0.29, 0.717) is 11.1 Å². The van der Waals surface area contributed by atoms with E-state index in [-0.39, 0.29) is 12.4 Å². The van der Waals surface area contributed by atoms with E-state index in [1.54, 1.807) is 23.9 Å². The lowest BCUT2D eigenvalue weighted by Gasteiger charge is -2.11. The van der Waals surface area contributed by atoms with E-state index in [1.807, 2.05) is 30.5 Å². The third-order valence-corrected chi connectivity index (χ3v) is 3.59. The summed E-state index contributed by atoms with van der Waals surface area (Å²) in [5.74, 6) is 0.165. The maximum Gasteiger partial charge on any atom is 0.133 e. The van der Waals surface area contributed by atoms with E-state index in [4.69, 9.17) is 15.9 Å². The fourth-order valence-electron chi connectivity index (χ4n) is 1.73. The number of hydrogen-bond acceptors (Lipinski definition) is 3. The normalized spacial score (nSPS) is 10.3. The van der Waals surface area contributed by atoms with Crippen molar-refractivity contribution in [1.29, 1.82) is 5.41 Å². The molecule has 2 aromatic rings. The second-order valence-electron chi connectivity index (χ2n) is 4.16. The van der Waals surface area contributed by atoms with E-state index >= 15 is 0 Å². The van der Waals surface area contributed by atoms with Crippen molar-refractivity contribution in [3.8, 4) is 5.75 Å². The Balaban J connectivity index is 2.13. The van der Waals surface area contributed by atoms with Crippen molar-refractivity contribution in [2.75, 3.05) is 6.26 Å². The highest BCUT2D eigenvalue weighted by Gasteiger charge is 2.07. The van der Waals surface area contributed by atoms with E-state index in [9.17, 15) is 4.39 Å². The lowest BCUT2D eigenvalue weighted by Crippen LogP contribution is -2.12. The van der Waals surface area contributed by atoms with Crippen molar-refractivity contribution in [3.63, 3.8) is 0 Å². The van der Waals surface area contributed by atoms with Crippen LogP contribution in [-0.2, 0) is 6.61 Å². The highest BCUT2D eigenvalue weighted by atomic mass is 32.2. The zero-order valence-electron chi connectivity index (χ0n) is 11.0. The molecule has 104 valence electrons. The van der Waals surface area contributed by atoms with Gasteiger partial charge in [0.1, 0.15) is 24.0 Å². The van der Waals surface area contributed by atoms with Crippen LogP contribution in [0.4, 0.5) is 4.39 Å². The van der Waals surface area contributed by atoms with Crippen LogP contribution in [0.15, 0.2) is 47.4 Å². The first-order valence-electron chi connectivity index (χ1n) is 6.00. The van der Waals surface area contributed by atoms with Crippen LogP contribution in [-0.4, -0.2) is 12.1 Å². The van der Waals surface area contributed by atoms with Crippen LogP contribution in [0.1, 0.15) is 11.1 Å². The molecule has 0 amide bonds. The number of nitrogen functional groups attached to an aromatic ring is 1. The fraction of sp³-hybridized carbons (Fsp3) is 0.133. The van der Waals surface area contributed by atoms with E-state index in [1.165, 1.54) is 6.07 Å². The smallest absolute Gasteiger partial charge is 0.133 e. The van der Waals surface area contributed by atoms with Crippen LogP contribution in [0.25, 0.3) is 0 Å². The predicted octanol–water partition coefficient (Wildman–Crippen LogP) is 3.41. The Morgan fingerprint density at radius 3 is 2.70 bits per heavy atom. The maximum absolute atomic E-state index is 13.9. The molecule has 0 aromatic heterocycles. The summed E-state index contributed by atoms with van der Waals surface area (Å²) in [5.41, 5.74) is 6.13. The van der Waals surface area contributed by atoms with Gasteiger partial charge in [-0.05, 0) is 24.5 Å². The second kappa shape index (κ2) is 6.43. The number of halogens is 1. The molecule has 0 radical (unpaired) electrons. The summed E-state index contributed by atoms with van der Waals surface area (Å²) in [4.78, 5) is 1.01. The molecule has 0 saturated carbocycles. The Bertz CT molecular complexity index is 631. The molecular weight excluding hydrogens is 275 g/mol. The highest BCUT2D eigenvalue weighted by molar-refractivity contribution is 7.98. The summed E-state index contributed by atoms with van der Waals surface area (Å²) in [6.07, 6.45) is 1.96. The fourth-order valence-corrected chi connectivity index (χ4v) is 2.27. The van der Waals surface area contributed by atoms with Gasteiger partial charge in [0.25, 0.3) is 0 Å². The molecule has 0 aliphatic heterocycles. The Kier molecular flexibility index (Phi) is 4.63. The van der Waals surface area contributed by atoms with Crippen molar-refractivity contribution in [1.82, 2.24) is 0 Å². The monoisotopic (exact) mass is 290 g/mol. The molecule has 5 heteroatoms. The van der Waals surface area contributed by atoms with Crippen LogP contribution in [0.3, 0.4) is 0 Å². The van der Waals surface area contributed by atoms with E-state index in [2.05, 4.69) is 0 Å². The lowest BCUT2D eigenvalue weighted by molar-refractivity contribution is 0.293. The summed E-state index contributed by atoms with van der Waals surface area (Å²) in [5, 5.41) is 7.27. The SMILES string of the molecule is CSc1ccccc1OCc1ccc(C(=N)N)cc1F. The first-order chi connectivity index (χ1) is 9.61. The second-order valence-corrected chi connectivity index (χ2v) is 5.01. The summed E-state index contributed by atoms with van der Waals surface area (Å²) in [6, 6.07) is 12.1. The molecule has 0 saturated heterocycles. The molecule has 0 heterocycles. The third-order valence-electron chi connectivity index (χ3n) is 2.82. The van der Waals surface area contributed by atoms with Gasteiger partial charge in [-0.25, -0.2) is 4.39 Å². The van der Waals surface area contributed by atoms with Crippen LogP contribution in [0, 0.1) is 11.2 Å². The summed E-state index contributed by atoms with van der Waals surface area (Å²) < 4.78 is 19.5. The van der Waals surface area contributed by atoms with Gasteiger partial charge >= 0.3 is 0 Å². The number of ether oxygens (including phenoxy) is 1. The molecule has 0 bridgehead atoms. The molecule has 0 aliphatic rings. The molecule has 2 rings (SSSR count). The number of amidine groups is 1. The molecule has 3 nitrogen and oxygen atoms in total. The number of rotatable bonds is 5. The van der Waals surface area contributed by atoms with Crippen LogP contribution in [0.5, 0.6) is 5.75 Å². The van der Waals surface area contributed by atoms with Gasteiger partial charge in [-0.3, -0.25) is 5.41 Å². The largest absolute Gasteiger partial charge is 0.488 e. The Morgan fingerprint density at radius 2 is 2.05 bits per heavy atom. The van der Waals surface area contributed by atoms with Gasteiger partial charge in [-0.2, -0.15) is 0 Å². The molecule has 0 aliphatic carbocycles. The van der Waals surface area contributed by atoms with Gasteiger partial charge < -0.3 is 10.5 Å². The zero-order valence-corrected chi connectivity index (χ0v) is 11.8. The van der Waals surface area contributed by atoms with Gasteiger partial charge in [-0.1, -0.05) is 24.3 Å². The molecule has 3 N–H and O–H groups in total. The molecule has 0 fully saturated rings. The van der Waals surface area contributed by atoms with Crippen molar-refractivity contribution < 1.29 is 9.13 Å². The van der Waals surface area contributed by atoms with Gasteiger partial charge in [0.05, 0.1) is 0 Å². The van der Waals surface area contributed by atoms with Gasteiger partial charge in [-0.15, -0.1) is 11.8 Å². The summed E-state index contributed by atoms with van der Waals surface area (Å²) >= 11 is 1.58. The average molecular weight is 290 g/mol. The van der Waals surface area contributed by atoms with Crippen LogP contribution < -0.4 is 10.5 Å². The zero-order chi connectivity index (χ0) is 14.5. The third kappa shape index (κ3) is 3.30. The Labute approximate surface area is 121 Å². The van der Waals surface area contributed by atoms with E-state index < -0.39 is 5.82 Å². The Hall–Kier alpha value is -2.01. The highest BCUT2D eigenvalue weighted by Crippen LogP contribution is 2.27. The minimum Gasteiger partial charge on any atom is -0.488 e. The average Bonchev–Trinajstić information content (AvgIpc) is 2.46. The molecule has 20 heavy (non-hydrogen) atoms. The number of thioether (sulfide) groups is 1. The first-order valence-corrected chi connectivity index (χ1v) is 7.23. The molecule has 0 atom stereocenters. The number of nitrogens with one attached hydrogen (secondary N) is 1. The summed E-state index contributed by atoms with van der Waals surface area (Å²) in [7, 11) is 0. The minimum absolute atomic E-state index is 0.140. The van der Waals surface area contributed by atoms with Crippen molar-refractivity contribution in [3.05, 3.63) is 59.4 Å². The standard InChI is InChI=1S/C15H15FN2OS/c1-20-14-5-3-2-4-13(14)19-9-11-7-6-10(15(17)18)8-12(11)16/h2-8H,9H2,1H3,(H3,17,18). The van der Waals surface area contributed by atoms with E-state index in [0.717, 1.165) is 10.6 Å². The van der Waals surface area contributed by atoms with Gasteiger partial charge in [0.15, 0.2) is 0 Å². The number of hydrogen-bond donors (Lipinski definition) is 2. The molecule has 2 aromatic carbocycles. The number of para-hydroxylation sites is 1. The first kappa shape index (κ1) is 14.4. The molecular formula is C15H15FN2OS. The van der Waals surface area contributed by atoms with Gasteiger partial charge in [0.2, 0.25) is 0 Å². The lowest BCUT2D eigenvalue weighted by atomic mass is 10.1. The van der Waals surface area contributed by atoms with Gasteiger partial charge in [0, 0.05) is 16.0 Å². The van der Waals surface area contributed by atoms with Crippen molar-refractivity contribution >= 4 is 17.6 Å².